The molecule has 0 amide bonds. The number of phenolic OH excluding ortho intramolecular Hbond substituents is 1. The first-order chi connectivity index (χ1) is 8.83. The third-order valence-electron chi connectivity index (χ3n) is 3.22. The number of benzene rings is 1. The van der Waals surface area contributed by atoms with Crippen molar-refractivity contribution in [3.8, 4) is 5.75 Å². The number of hydrogen-bond donors (Lipinski definition) is 2. The van der Waals surface area contributed by atoms with Crippen LogP contribution in [0.5, 0.6) is 5.75 Å². The van der Waals surface area contributed by atoms with Crippen molar-refractivity contribution in [1.82, 2.24) is 5.32 Å². The second kappa shape index (κ2) is 9.95. The molecule has 1 aromatic carbocycles. The van der Waals surface area contributed by atoms with Gasteiger partial charge in [-0.1, -0.05) is 57.6 Å². The van der Waals surface area contributed by atoms with Crippen LogP contribution in [0.3, 0.4) is 0 Å². The number of aromatic hydroxyl groups is 1. The van der Waals surface area contributed by atoms with E-state index in [9.17, 15) is 0 Å². The summed E-state index contributed by atoms with van der Waals surface area (Å²) in [5, 5.41) is 12.6. The molecule has 102 valence electrons. The second-order valence-corrected chi connectivity index (χ2v) is 4.96. The molecule has 2 N–H and O–H groups in total. The van der Waals surface area contributed by atoms with E-state index >= 15 is 0 Å². The molecule has 0 heterocycles. The fourth-order valence-corrected chi connectivity index (χ4v) is 2.05. The van der Waals surface area contributed by atoms with E-state index in [-0.39, 0.29) is 0 Å². The highest BCUT2D eigenvalue weighted by Crippen LogP contribution is 2.09. The van der Waals surface area contributed by atoms with Gasteiger partial charge in [0, 0.05) is 6.54 Å². The molecule has 0 spiro atoms. The number of nitrogens with one attached hydrogen (secondary N) is 1. The van der Waals surface area contributed by atoms with Crippen molar-refractivity contribution in [2.45, 2.75) is 58.4 Å². The van der Waals surface area contributed by atoms with E-state index in [0.29, 0.717) is 5.75 Å². The summed E-state index contributed by atoms with van der Waals surface area (Å²) in [6, 6.07) is 7.41. The lowest BCUT2D eigenvalue weighted by Crippen LogP contribution is -2.14. The normalized spacial score (nSPS) is 10.7. The fraction of sp³-hybridized carbons (Fsp3) is 0.625. The maximum absolute atomic E-state index is 9.17. The van der Waals surface area contributed by atoms with E-state index in [1.807, 2.05) is 12.1 Å². The third-order valence-corrected chi connectivity index (χ3v) is 3.22. The van der Waals surface area contributed by atoms with Gasteiger partial charge < -0.3 is 10.4 Å². The molecule has 0 saturated heterocycles. The molecule has 0 saturated carbocycles. The highest BCUT2D eigenvalue weighted by atomic mass is 16.3. The maximum atomic E-state index is 9.17. The summed E-state index contributed by atoms with van der Waals surface area (Å²) >= 11 is 0. The molecule has 0 atom stereocenters. The fourth-order valence-electron chi connectivity index (χ4n) is 2.05. The monoisotopic (exact) mass is 249 g/mol. The number of rotatable bonds is 10. The first-order valence-electron chi connectivity index (χ1n) is 7.31. The van der Waals surface area contributed by atoms with E-state index in [2.05, 4.69) is 12.2 Å². The Kier molecular flexibility index (Phi) is 8.32. The summed E-state index contributed by atoms with van der Waals surface area (Å²) in [6.45, 7) is 4.25. The van der Waals surface area contributed by atoms with Gasteiger partial charge in [0.2, 0.25) is 0 Å². The van der Waals surface area contributed by atoms with Crippen LogP contribution in [0, 0.1) is 0 Å². The zero-order chi connectivity index (χ0) is 13.1. The molecule has 0 fully saturated rings. The summed E-state index contributed by atoms with van der Waals surface area (Å²) in [5.41, 5.74) is 1.23. The Morgan fingerprint density at radius 3 is 2.17 bits per heavy atom. The maximum Gasteiger partial charge on any atom is 0.115 e. The molecule has 0 bridgehead atoms. The Morgan fingerprint density at radius 2 is 1.50 bits per heavy atom. The Labute approximate surface area is 111 Å². The highest BCUT2D eigenvalue weighted by molar-refractivity contribution is 5.25. The molecule has 1 aromatic rings. The Hall–Kier alpha value is -1.02. The number of phenols is 1. The van der Waals surface area contributed by atoms with Gasteiger partial charge in [-0.2, -0.15) is 0 Å². The molecule has 0 aliphatic rings. The van der Waals surface area contributed by atoms with Gasteiger partial charge in [-0.05, 0) is 30.7 Å². The van der Waals surface area contributed by atoms with Crippen molar-refractivity contribution in [2.24, 2.45) is 0 Å². The summed E-state index contributed by atoms with van der Waals surface area (Å²) in [5.74, 6) is 0.339. The van der Waals surface area contributed by atoms with Crippen LogP contribution in [0.25, 0.3) is 0 Å². The lowest BCUT2D eigenvalue weighted by atomic mass is 10.1. The molecule has 0 aromatic heterocycles. The van der Waals surface area contributed by atoms with Crippen molar-refractivity contribution in [1.29, 1.82) is 0 Å². The molecular formula is C16H27NO. The van der Waals surface area contributed by atoms with Crippen LogP contribution in [-0.4, -0.2) is 11.7 Å². The number of unbranched alkanes of at least 4 members (excludes halogenated alkanes) is 6. The van der Waals surface area contributed by atoms with Gasteiger partial charge in [0.25, 0.3) is 0 Å². The largest absolute Gasteiger partial charge is 0.508 e. The predicted molar refractivity (Wildman–Crippen MR) is 77.8 cm³/mol. The molecule has 0 aliphatic heterocycles. The van der Waals surface area contributed by atoms with Gasteiger partial charge >= 0.3 is 0 Å². The Bertz CT molecular complexity index is 294. The van der Waals surface area contributed by atoms with Gasteiger partial charge in [0.1, 0.15) is 5.75 Å². The first-order valence-corrected chi connectivity index (χ1v) is 7.31. The van der Waals surface area contributed by atoms with E-state index in [1.165, 1.54) is 50.5 Å². The molecule has 0 radical (unpaired) electrons. The summed E-state index contributed by atoms with van der Waals surface area (Å²) in [6.07, 6.45) is 9.49. The minimum atomic E-state index is 0.339. The van der Waals surface area contributed by atoms with Crippen molar-refractivity contribution < 1.29 is 5.11 Å². The van der Waals surface area contributed by atoms with Crippen molar-refractivity contribution in [2.75, 3.05) is 6.54 Å². The second-order valence-electron chi connectivity index (χ2n) is 4.96. The lowest BCUT2D eigenvalue weighted by Gasteiger charge is -2.05. The zero-order valence-corrected chi connectivity index (χ0v) is 11.6. The van der Waals surface area contributed by atoms with E-state index < -0.39 is 0 Å². The molecule has 1 rings (SSSR count). The zero-order valence-electron chi connectivity index (χ0n) is 11.6. The summed E-state index contributed by atoms with van der Waals surface area (Å²) in [7, 11) is 0. The van der Waals surface area contributed by atoms with Crippen molar-refractivity contribution in [3.63, 3.8) is 0 Å². The minimum Gasteiger partial charge on any atom is -0.508 e. The van der Waals surface area contributed by atoms with Gasteiger partial charge in [0.05, 0.1) is 0 Å². The van der Waals surface area contributed by atoms with Crippen LogP contribution in [-0.2, 0) is 6.54 Å². The van der Waals surface area contributed by atoms with Crippen LogP contribution in [0.15, 0.2) is 24.3 Å². The van der Waals surface area contributed by atoms with Gasteiger partial charge in [-0.15, -0.1) is 0 Å². The molecule has 0 aliphatic carbocycles. The topological polar surface area (TPSA) is 32.3 Å². The van der Waals surface area contributed by atoms with Crippen molar-refractivity contribution >= 4 is 0 Å². The summed E-state index contributed by atoms with van der Waals surface area (Å²) < 4.78 is 0. The van der Waals surface area contributed by atoms with E-state index in [0.717, 1.165) is 13.1 Å². The Morgan fingerprint density at radius 1 is 0.889 bits per heavy atom. The van der Waals surface area contributed by atoms with Gasteiger partial charge in [0.15, 0.2) is 0 Å². The average Bonchev–Trinajstić information content (AvgIpc) is 2.39. The molecular weight excluding hydrogens is 222 g/mol. The smallest absolute Gasteiger partial charge is 0.115 e. The predicted octanol–water partition coefficient (Wildman–Crippen LogP) is 4.23. The highest BCUT2D eigenvalue weighted by Gasteiger charge is 1.94. The molecule has 2 heteroatoms. The Balaban J connectivity index is 1.91. The van der Waals surface area contributed by atoms with Gasteiger partial charge in [-0.25, -0.2) is 0 Å². The first kappa shape index (κ1) is 15.0. The molecule has 0 unspecified atom stereocenters. The third kappa shape index (κ3) is 7.33. The average molecular weight is 249 g/mol. The van der Waals surface area contributed by atoms with E-state index in [4.69, 9.17) is 5.11 Å². The minimum absolute atomic E-state index is 0.339. The van der Waals surface area contributed by atoms with Crippen LogP contribution in [0.4, 0.5) is 0 Å². The van der Waals surface area contributed by atoms with Crippen LogP contribution >= 0.6 is 0 Å². The molecule has 2 nitrogen and oxygen atoms in total. The summed E-state index contributed by atoms with van der Waals surface area (Å²) in [4.78, 5) is 0. The van der Waals surface area contributed by atoms with E-state index in [1.54, 1.807) is 12.1 Å². The van der Waals surface area contributed by atoms with Crippen molar-refractivity contribution in [3.05, 3.63) is 29.8 Å². The van der Waals surface area contributed by atoms with Gasteiger partial charge in [-0.3, -0.25) is 0 Å². The van der Waals surface area contributed by atoms with Crippen LogP contribution < -0.4 is 5.32 Å². The lowest BCUT2D eigenvalue weighted by molar-refractivity contribution is 0.475. The molecule has 18 heavy (non-hydrogen) atoms. The van der Waals surface area contributed by atoms with Crippen LogP contribution in [0.2, 0.25) is 0 Å². The SMILES string of the molecule is CCCCCCCCCNCc1ccc(O)cc1. The quantitative estimate of drug-likeness (QED) is 0.608. The number of hydrogen-bond acceptors (Lipinski definition) is 2. The van der Waals surface area contributed by atoms with Crippen LogP contribution in [0.1, 0.15) is 57.4 Å². The standard InChI is InChI=1S/C16H27NO/c1-2-3-4-5-6-7-8-13-17-14-15-9-11-16(18)12-10-15/h9-12,17-18H,2-8,13-14H2,1H3.